The van der Waals surface area contributed by atoms with Crippen LogP contribution < -0.4 is 14.4 Å². The highest BCUT2D eigenvalue weighted by atomic mass is 35.5. The summed E-state index contributed by atoms with van der Waals surface area (Å²) in [6.07, 6.45) is 1.08. The van der Waals surface area contributed by atoms with E-state index < -0.39 is 28.5 Å². The molecular formula is C31H38ClN3O5S. The van der Waals surface area contributed by atoms with E-state index >= 15 is 0 Å². The second kappa shape index (κ2) is 14.4. The van der Waals surface area contributed by atoms with Crippen molar-refractivity contribution >= 4 is 39.1 Å². The molecule has 3 rings (SSSR count). The van der Waals surface area contributed by atoms with Crippen molar-refractivity contribution in [1.82, 2.24) is 10.2 Å². The molecule has 220 valence electrons. The van der Waals surface area contributed by atoms with Crippen LogP contribution in [0.1, 0.15) is 44.7 Å². The minimum Gasteiger partial charge on any atom is -0.497 e. The van der Waals surface area contributed by atoms with E-state index in [1.54, 1.807) is 37.4 Å². The van der Waals surface area contributed by atoms with Gasteiger partial charge in [0.25, 0.3) is 10.0 Å². The number of carbonyl (C=O) groups is 2. The largest absolute Gasteiger partial charge is 0.497 e. The second-order valence-electron chi connectivity index (χ2n) is 9.92. The first-order valence-corrected chi connectivity index (χ1v) is 15.4. The normalized spacial score (nSPS) is 12.7. The first kappa shape index (κ1) is 32.0. The van der Waals surface area contributed by atoms with Crippen LogP contribution in [0.4, 0.5) is 5.69 Å². The number of hydrogen-bond acceptors (Lipinski definition) is 5. The van der Waals surface area contributed by atoms with Gasteiger partial charge in [-0.05, 0) is 86.3 Å². The van der Waals surface area contributed by atoms with Crippen LogP contribution in [0.15, 0.2) is 77.7 Å². The van der Waals surface area contributed by atoms with E-state index in [9.17, 15) is 18.0 Å². The Kier molecular flexibility index (Phi) is 11.2. The van der Waals surface area contributed by atoms with Gasteiger partial charge in [-0.25, -0.2) is 8.42 Å². The van der Waals surface area contributed by atoms with Crippen molar-refractivity contribution in [3.8, 4) is 5.75 Å². The molecule has 1 N–H and O–H groups in total. The number of benzene rings is 3. The SMILES string of the molecule is CCC(C)NC(=O)C(CC)N(Cc1ccc(OC)cc1)C(=O)CN(c1cccc(C)c1)S(=O)(=O)c1ccc(Cl)cc1. The smallest absolute Gasteiger partial charge is 0.264 e. The number of rotatable bonds is 13. The van der Waals surface area contributed by atoms with Crippen molar-refractivity contribution in [2.75, 3.05) is 18.0 Å². The van der Waals surface area contributed by atoms with Gasteiger partial charge in [-0.2, -0.15) is 0 Å². The Morgan fingerprint density at radius 3 is 2.20 bits per heavy atom. The fraction of sp³-hybridized carbons (Fsp3) is 0.355. The van der Waals surface area contributed by atoms with Crippen LogP contribution in [0.3, 0.4) is 0 Å². The topological polar surface area (TPSA) is 96.0 Å². The summed E-state index contributed by atoms with van der Waals surface area (Å²) >= 11 is 6.01. The standard InChI is InChI=1S/C31H38ClN3O5S/c1-6-23(4)33-31(37)29(7-2)34(20-24-11-15-27(40-5)16-12-24)30(36)21-35(26-10-8-9-22(3)19-26)41(38,39)28-17-13-25(32)14-18-28/h8-19,23,29H,6-7,20-21H2,1-5H3,(H,33,37). The lowest BCUT2D eigenvalue weighted by atomic mass is 10.1. The Morgan fingerprint density at radius 2 is 1.63 bits per heavy atom. The Bertz CT molecular complexity index is 1430. The third-order valence-electron chi connectivity index (χ3n) is 6.87. The molecule has 0 bridgehead atoms. The Labute approximate surface area is 248 Å². The van der Waals surface area contributed by atoms with E-state index in [-0.39, 0.29) is 23.4 Å². The maximum Gasteiger partial charge on any atom is 0.264 e. The van der Waals surface area contributed by atoms with Crippen LogP contribution in [0, 0.1) is 6.92 Å². The minimum absolute atomic E-state index is 0.000495. The van der Waals surface area contributed by atoms with E-state index in [4.69, 9.17) is 16.3 Å². The third kappa shape index (κ3) is 8.24. The zero-order chi connectivity index (χ0) is 30.2. The second-order valence-corrected chi connectivity index (χ2v) is 12.2. The summed E-state index contributed by atoms with van der Waals surface area (Å²) < 4.78 is 34.2. The molecule has 0 saturated carbocycles. The molecule has 0 aromatic heterocycles. The number of amides is 2. The molecule has 3 aromatic carbocycles. The molecular weight excluding hydrogens is 562 g/mol. The number of aryl methyl sites for hydroxylation is 1. The van der Waals surface area contributed by atoms with Crippen LogP contribution in [0.5, 0.6) is 5.75 Å². The Hall–Kier alpha value is -3.56. The zero-order valence-corrected chi connectivity index (χ0v) is 25.7. The molecule has 3 aromatic rings. The molecule has 2 amide bonds. The number of carbonyl (C=O) groups excluding carboxylic acids is 2. The number of methoxy groups -OCH3 is 1. The predicted octanol–water partition coefficient (Wildman–Crippen LogP) is 5.57. The lowest BCUT2D eigenvalue weighted by Gasteiger charge is -2.33. The summed E-state index contributed by atoms with van der Waals surface area (Å²) in [6, 6.07) is 19.1. The summed E-state index contributed by atoms with van der Waals surface area (Å²) in [5, 5.41) is 3.37. The molecule has 0 fully saturated rings. The average Bonchev–Trinajstić information content (AvgIpc) is 2.96. The van der Waals surface area contributed by atoms with E-state index in [1.165, 1.54) is 29.2 Å². The fourth-order valence-corrected chi connectivity index (χ4v) is 5.87. The molecule has 41 heavy (non-hydrogen) atoms. The third-order valence-corrected chi connectivity index (χ3v) is 8.91. The molecule has 2 unspecified atom stereocenters. The van der Waals surface area contributed by atoms with Crippen LogP contribution in [0.2, 0.25) is 5.02 Å². The first-order chi connectivity index (χ1) is 19.5. The van der Waals surface area contributed by atoms with Gasteiger partial charge in [-0.3, -0.25) is 13.9 Å². The van der Waals surface area contributed by atoms with E-state index in [1.807, 2.05) is 45.9 Å². The van der Waals surface area contributed by atoms with Gasteiger partial charge in [0.2, 0.25) is 11.8 Å². The molecule has 0 aliphatic rings. The van der Waals surface area contributed by atoms with Crippen molar-refractivity contribution < 1.29 is 22.7 Å². The van der Waals surface area contributed by atoms with Gasteiger partial charge in [0.15, 0.2) is 0 Å². The Balaban J connectivity index is 2.05. The number of ether oxygens (including phenoxy) is 1. The van der Waals surface area contributed by atoms with Gasteiger partial charge in [-0.15, -0.1) is 0 Å². The molecule has 8 nitrogen and oxygen atoms in total. The highest BCUT2D eigenvalue weighted by Gasteiger charge is 2.34. The quantitative estimate of drug-likeness (QED) is 0.277. The molecule has 2 atom stereocenters. The lowest BCUT2D eigenvalue weighted by Crippen LogP contribution is -2.53. The van der Waals surface area contributed by atoms with E-state index in [0.717, 1.165) is 21.9 Å². The summed E-state index contributed by atoms with van der Waals surface area (Å²) in [5.41, 5.74) is 1.95. The van der Waals surface area contributed by atoms with Crippen molar-refractivity contribution in [2.24, 2.45) is 0 Å². The average molecular weight is 600 g/mol. The molecule has 0 aliphatic heterocycles. The van der Waals surface area contributed by atoms with Gasteiger partial charge in [0, 0.05) is 17.6 Å². The van der Waals surface area contributed by atoms with Gasteiger partial charge < -0.3 is 15.0 Å². The highest BCUT2D eigenvalue weighted by molar-refractivity contribution is 7.92. The van der Waals surface area contributed by atoms with Crippen molar-refractivity contribution in [3.63, 3.8) is 0 Å². The highest BCUT2D eigenvalue weighted by Crippen LogP contribution is 2.26. The minimum atomic E-state index is -4.16. The van der Waals surface area contributed by atoms with Crippen molar-refractivity contribution in [1.29, 1.82) is 0 Å². The van der Waals surface area contributed by atoms with Gasteiger partial charge in [0.05, 0.1) is 17.7 Å². The molecule has 0 saturated heterocycles. The Morgan fingerprint density at radius 1 is 0.976 bits per heavy atom. The van der Waals surface area contributed by atoms with E-state index in [0.29, 0.717) is 22.9 Å². The number of anilines is 1. The number of halogens is 1. The molecule has 0 heterocycles. The predicted molar refractivity (Wildman–Crippen MR) is 163 cm³/mol. The van der Waals surface area contributed by atoms with Crippen LogP contribution in [0.25, 0.3) is 0 Å². The van der Waals surface area contributed by atoms with Crippen molar-refractivity contribution in [3.05, 3.63) is 88.9 Å². The summed E-state index contributed by atoms with van der Waals surface area (Å²) in [7, 11) is -2.60. The number of hydrogen-bond donors (Lipinski definition) is 1. The first-order valence-electron chi connectivity index (χ1n) is 13.6. The van der Waals surface area contributed by atoms with Crippen LogP contribution in [-0.4, -0.2) is 50.9 Å². The lowest BCUT2D eigenvalue weighted by molar-refractivity contribution is -0.140. The zero-order valence-electron chi connectivity index (χ0n) is 24.1. The van der Waals surface area contributed by atoms with Crippen LogP contribution >= 0.6 is 11.6 Å². The monoisotopic (exact) mass is 599 g/mol. The van der Waals surface area contributed by atoms with Crippen molar-refractivity contribution in [2.45, 2.75) is 64.1 Å². The number of sulfonamides is 1. The van der Waals surface area contributed by atoms with Gasteiger partial charge in [0.1, 0.15) is 18.3 Å². The summed E-state index contributed by atoms with van der Waals surface area (Å²) in [4.78, 5) is 28.9. The molecule has 0 radical (unpaired) electrons. The number of nitrogens with zero attached hydrogens (tertiary/aromatic N) is 2. The van der Waals surface area contributed by atoms with Gasteiger partial charge >= 0.3 is 0 Å². The molecule has 0 aliphatic carbocycles. The summed E-state index contributed by atoms with van der Waals surface area (Å²) in [5.74, 6) is -0.134. The van der Waals surface area contributed by atoms with E-state index in [2.05, 4.69) is 5.32 Å². The van der Waals surface area contributed by atoms with Gasteiger partial charge in [-0.1, -0.05) is 49.7 Å². The molecule has 0 spiro atoms. The fourth-order valence-electron chi connectivity index (χ4n) is 4.33. The maximum atomic E-state index is 14.1. The van der Waals surface area contributed by atoms with Crippen LogP contribution in [-0.2, 0) is 26.2 Å². The molecule has 10 heteroatoms. The number of nitrogens with one attached hydrogen (secondary N) is 1. The summed E-state index contributed by atoms with van der Waals surface area (Å²) in [6.45, 7) is 7.15. The maximum absolute atomic E-state index is 14.1.